The quantitative estimate of drug-likeness (QED) is 0.427. The molecule has 0 spiro atoms. The summed E-state index contributed by atoms with van der Waals surface area (Å²) in [4.78, 5) is 3.67. The normalized spacial score (nSPS) is 11.3. The SMILES string of the molecule is COc1ccccc1-n1nc(C)cc1Nc1ccc(S(=O)(=O)Nc2nccs2)cc1F. The van der Waals surface area contributed by atoms with Crippen LogP contribution >= 0.6 is 11.3 Å². The first-order chi connectivity index (χ1) is 14.9. The summed E-state index contributed by atoms with van der Waals surface area (Å²) in [6, 6.07) is 12.7. The number of nitrogens with zero attached hydrogens (tertiary/aromatic N) is 3. The molecular formula is C20H18FN5O3S2. The Hall–Kier alpha value is -3.44. The Balaban J connectivity index is 1.64. The number of aryl methyl sites for hydroxylation is 1. The first-order valence-electron chi connectivity index (χ1n) is 9.06. The molecule has 0 radical (unpaired) electrons. The molecule has 0 aliphatic carbocycles. The van der Waals surface area contributed by atoms with Gasteiger partial charge in [-0.3, -0.25) is 4.72 Å². The molecule has 11 heteroatoms. The topological polar surface area (TPSA) is 98.1 Å². The highest BCUT2D eigenvalue weighted by Gasteiger charge is 2.19. The van der Waals surface area contributed by atoms with Crippen molar-refractivity contribution in [1.82, 2.24) is 14.8 Å². The molecule has 0 bridgehead atoms. The molecule has 4 rings (SSSR count). The van der Waals surface area contributed by atoms with Crippen LogP contribution in [0.15, 0.2) is 65.0 Å². The van der Waals surface area contributed by atoms with Crippen LogP contribution in [0.2, 0.25) is 0 Å². The Labute approximate surface area is 182 Å². The van der Waals surface area contributed by atoms with E-state index < -0.39 is 15.8 Å². The Kier molecular flexibility index (Phi) is 5.61. The number of benzene rings is 2. The molecule has 0 aliphatic heterocycles. The van der Waals surface area contributed by atoms with Gasteiger partial charge < -0.3 is 10.1 Å². The monoisotopic (exact) mass is 459 g/mol. The van der Waals surface area contributed by atoms with Gasteiger partial charge in [0, 0.05) is 17.6 Å². The summed E-state index contributed by atoms with van der Waals surface area (Å²) < 4.78 is 49.1. The van der Waals surface area contributed by atoms with Crippen LogP contribution in [0.4, 0.5) is 21.0 Å². The van der Waals surface area contributed by atoms with Gasteiger partial charge in [-0.25, -0.2) is 22.5 Å². The number of hydrogen-bond acceptors (Lipinski definition) is 7. The molecule has 0 unspecified atom stereocenters. The van der Waals surface area contributed by atoms with Crippen molar-refractivity contribution in [2.75, 3.05) is 17.1 Å². The highest BCUT2D eigenvalue weighted by molar-refractivity contribution is 7.93. The first kappa shape index (κ1) is 20.8. The molecule has 8 nitrogen and oxygen atoms in total. The largest absolute Gasteiger partial charge is 0.494 e. The van der Waals surface area contributed by atoms with Crippen LogP contribution in [-0.4, -0.2) is 30.3 Å². The zero-order valence-corrected chi connectivity index (χ0v) is 18.2. The van der Waals surface area contributed by atoms with Crippen LogP contribution in [0.5, 0.6) is 5.75 Å². The van der Waals surface area contributed by atoms with Crippen LogP contribution in [0.3, 0.4) is 0 Å². The summed E-state index contributed by atoms with van der Waals surface area (Å²) in [6.45, 7) is 1.81. The molecule has 2 N–H and O–H groups in total. The summed E-state index contributed by atoms with van der Waals surface area (Å²) in [5, 5.41) is 9.28. The van der Waals surface area contributed by atoms with E-state index >= 15 is 0 Å². The van der Waals surface area contributed by atoms with Crippen LogP contribution < -0.4 is 14.8 Å². The first-order valence-corrected chi connectivity index (χ1v) is 11.4. The minimum absolute atomic E-state index is 0.101. The molecule has 0 saturated heterocycles. The molecule has 2 heterocycles. The average molecular weight is 460 g/mol. The number of hydrogen-bond donors (Lipinski definition) is 2. The highest BCUT2D eigenvalue weighted by Crippen LogP contribution is 2.29. The fourth-order valence-corrected chi connectivity index (χ4v) is 4.73. The van der Waals surface area contributed by atoms with E-state index in [0.29, 0.717) is 22.9 Å². The van der Waals surface area contributed by atoms with Crippen molar-refractivity contribution in [3.8, 4) is 11.4 Å². The van der Waals surface area contributed by atoms with Crippen molar-refractivity contribution >= 4 is 38.0 Å². The molecule has 31 heavy (non-hydrogen) atoms. The molecule has 0 atom stereocenters. The van der Waals surface area contributed by atoms with E-state index in [1.54, 1.807) is 29.3 Å². The van der Waals surface area contributed by atoms with E-state index in [4.69, 9.17) is 4.74 Å². The molecule has 2 aromatic heterocycles. The average Bonchev–Trinajstić information content (AvgIpc) is 3.38. The second-order valence-corrected chi connectivity index (χ2v) is 9.04. The van der Waals surface area contributed by atoms with Gasteiger partial charge in [-0.05, 0) is 37.3 Å². The summed E-state index contributed by atoms with van der Waals surface area (Å²) in [6.07, 6.45) is 1.48. The van der Waals surface area contributed by atoms with Crippen LogP contribution in [0.1, 0.15) is 5.69 Å². The molecule has 2 aromatic carbocycles. The minimum atomic E-state index is -3.96. The molecule has 0 saturated carbocycles. The second-order valence-electron chi connectivity index (χ2n) is 6.46. The molecular weight excluding hydrogens is 441 g/mol. The van der Waals surface area contributed by atoms with Gasteiger partial charge in [-0.15, -0.1) is 11.3 Å². The fraction of sp³-hybridized carbons (Fsp3) is 0.100. The van der Waals surface area contributed by atoms with Crippen molar-refractivity contribution in [3.63, 3.8) is 0 Å². The standard InChI is InChI=1S/C20H18FN5O3S2/c1-13-11-19(26(24-13)17-5-3-4-6-18(17)29-2)23-16-8-7-14(12-15(16)21)31(27,28)25-20-22-9-10-30-20/h3-12,23H,1-2H3,(H,22,25). The predicted octanol–water partition coefficient (Wildman–Crippen LogP) is 4.33. The molecule has 4 aromatic rings. The van der Waals surface area contributed by atoms with E-state index in [-0.39, 0.29) is 15.7 Å². The lowest BCUT2D eigenvalue weighted by molar-refractivity contribution is 0.412. The lowest BCUT2D eigenvalue weighted by Crippen LogP contribution is -2.13. The van der Waals surface area contributed by atoms with Crippen molar-refractivity contribution < 1.29 is 17.5 Å². The Morgan fingerprint density at radius 3 is 2.68 bits per heavy atom. The molecule has 0 amide bonds. The fourth-order valence-electron chi connectivity index (χ4n) is 2.93. The van der Waals surface area contributed by atoms with Gasteiger partial charge >= 0.3 is 0 Å². The van der Waals surface area contributed by atoms with Gasteiger partial charge in [0.15, 0.2) is 5.13 Å². The van der Waals surface area contributed by atoms with E-state index in [0.717, 1.165) is 17.4 Å². The van der Waals surface area contributed by atoms with E-state index in [9.17, 15) is 12.8 Å². The van der Waals surface area contributed by atoms with Gasteiger partial charge in [-0.2, -0.15) is 5.10 Å². The summed E-state index contributed by atoms with van der Waals surface area (Å²) in [5.74, 6) is 0.369. The lowest BCUT2D eigenvalue weighted by Gasteiger charge is -2.14. The highest BCUT2D eigenvalue weighted by atomic mass is 32.2. The van der Waals surface area contributed by atoms with Gasteiger partial charge in [0.25, 0.3) is 10.0 Å². The summed E-state index contributed by atoms with van der Waals surface area (Å²) >= 11 is 1.13. The van der Waals surface area contributed by atoms with Crippen molar-refractivity contribution in [2.24, 2.45) is 0 Å². The maximum atomic E-state index is 14.8. The van der Waals surface area contributed by atoms with Crippen LogP contribution in [-0.2, 0) is 10.0 Å². The summed E-state index contributed by atoms with van der Waals surface area (Å²) in [7, 11) is -2.40. The lowest BCUT2D eigenvalue weighted by atomic mass is 10.3. The van der Waals surface area contributed by atoms with E-state index in [2.05, 4.69) is 20.1 Å². The van der Waals surface area contributed by atoms with E-state index in [1.807, 2.05) is 25.1 Å². The molecule has 160 valence electrons. The number of nitrogens with one attached hydrogen (secondary N) is 2. The van der Waals surface area contributed by atoms with Gasteiger partial charge in [0.1, 0.15) is 23.1 Å². The second kappa shape index (κ2) is 8.36. The number of thiazole rings is 1. The van der Waals surface area contributed by atoms with E-state index in [1.165, 1.54) is 18.3 Å². The predicted molar refractivity (Wildman–Crippen MR) is 117 cm³/mol. The zero-order chi connectivity index (χ0) is 22.0. The van der Waals surface area contributed by atoms with Crippen molar-refractivity contribution in [2.45, 2.75) is 11.8 Å². The van der Waals surface area contributed by atoms with Gasteiger partial charge in [-0.1, -0.05) is 12.1 Å². The third-order valence-electron chi connectivity index (χ3n) is 4.31. The maximum Gasteiger partial charge on any atom is 0.263 e. The Morgan fingerprint density at radius 2 is 1.97 bits per heavy atom. The summed E-state index contributed by atoms with van der Waals surface area (Å²) in [5.41, 5.74) is 1.48. The van der Waals surface area contributed by atoms with Gasteiger partial charge in [0.2, 0.25) is 0 Å². The minimum Gasteiger partial charge on any atom is -0.494 e. The van der Waals surface area contributed by atoms with Crippen molar-refractivity contribution in [1.29, 1.82) is 0 Å². The number of para-hydroxylation sites is 2. The third kappa shape index (κ3) is 4.37. The van der Waals surface area contributed by atoms with Crippen LogP contribution in [0, 0.1) is 12.7 Å². The van der Waals surface area contributed by atoms with Crippen LogP contribution in [0.25, 0.3) is 5.69 Å². The zero-order valence-electron chi connectivity index (χ0n) is 16.5. The molecule has 0 aliphatic rings. The number of halogens is 1. The number of ether oxygens (including phenoxy) is 1. The molecule has 0 fully saturated rings. The van der Waals surface area contributed by atoms with Gasteiger partial charge in [0.05, 0.1) is 23.4 Å². The Bertz CT molecular complexity index is 1320. The smallest absolute Gasteiger partial charge is 0.263 e. The number of methoxy groups -OCH3 is 1. The Morgan fingerprint density at radius 1 is 1.16 bits per heavy atom. The van der Waals surface area contributed by atoms with Crippen molar-refractivity contribution in [3.05, 3.63) is 71.6 Å². The maximum absolute atomic E-state index is 14.8. The third-order valence-corrected chi connectivity index (χ3v) is 6.47. The number of anilines is 3. The number of aromatic nitrogens is 3. The number of rotatable bonds is 7. The number of sulfonamides is 1.